The van der Waals surface area contributed by atoms with Crippen molar-refractivity contribution in [3.8, 4) is 39.1 Å². The first-order valence-electron chi connectivity index (χ1n) is 24.1. The second-order valence-electron chi connectivity index (χ2n) is 19.1. The minimum Gasteiger partial charge on any atom is -0.455 e. The van der Waals surface area contributed by atoms with E-state index < -0.39 is 0 Å². The van der Waals surface area contributed by atoms with Gasteiger partial charge in [0.05, 0.1) is 11.0 Å². The van der Waals surface area contributed by atoms with Gasteiger partial charge in [-0.3, -0.25) is 0 Å². The molecule has 0 N–H and O–H groups in total. The number of furan rings is 1. The molecule has 12 rings (SSSR count). The summed E-state index contributed by atoms with van der Waals surface area (Å²) in [6.45, 7) is 0. The zero-order valence-electron chi connectivity index (χ0n) is 36.1. The van der Waals surface area contributed by atoms with Crippen molar-refractivity contribution in [1.29, 1.82) is 0 Å². The van der Waals surface area contributed by atoms with Crippen molar-refractivity contribution in [3.05, 3.63) is 162 Å². The Labute approximate surface area is 366 Å². The molecule has 0 saturated heterocycles. The van der Waals surface area contributed by atoms with Crippen molar-refractivity contribution in [1.82, 2.24) is 4.57 Å². The molecule has 0 amide bonds. The van der Waals surface area contributed by atoms with E-state index in [0.717, 1.165) is 16.7 Å². The Morgan fingerprint density at radius 2 is 0.774 bits per heavy atom. The maximum Gasteiger partial charge on any atom is 0.143 e. The van der Waals surface area contributed by atoms with E-state index in [1.54, 1.807) is 0 Å². The maximum atomic E-state index is 7.44. The molecule has 0 unspecified atom stereocenters. The van der Waals surface area contributed by atoms with E-state index in [0.29, 0.717) is 17.8 Å². The SMILES string of the molecule is c1cc(-c2cc(-c3cccc(C4CCCCC4)c3)c3oc4c(-c5cccc(C6CCCCC6)c5)cc(-n5c6ccccc6c6ccccc65)cc4c3c2)cc(C2CCCCC2)c1. The molecule has 3 aliphatic rings. The zero-order chi connectivity index (χ0) is 41.0. The van der Waals surface area contributed by atoms with Gasteiger partial charge < -0.3 is 8.98 Å². The fraction of sp³-hybridized carbons (Fsp3) is 0.300. The van der Waals surface area contributed by atoms with Crippen molar-refractivity contribution in [2.75, 3.05) is 0 Å². The van der Waals surface area contributed by atoms with Crippen molar-refractivity contribution >= 4 is 43.7 Å². The summed E-state index contributed by atoms with van der Waals surface area (Å²) in [7, 11) is 0. The molecular formula is C60H57NO. The molecule has 0 atom stereocenters. The van der Waals surface area contributed by atoms with Crippen molar-refractivity contribution in [2.45, 2.75) is 114 Å². The number of hydrogen-bond acceptors (Lipinski definition) is 1. The molecule has 0 bridgehead atoms. The van der Waals surface area contributed by atoms with Gasteiger partial charge in [-0.15, -0.1) is 0 Å². The molecule has 0 aliphatic heterocycles. The fourth-order valence-electron chi connectivity index (χ4n) is 12.1. The highest BCUT2D eigenvalue weighted by Crippen LogP contribution is 2.47. The van der Waals surface area contributed by atoms with Gasteiger partial charge in [0.25, 0.3) is 0 Å². The number of benzene rings is 7. The minimum absolute atomic E-state index is 0.616. The highest BCUT2D eigenvalue weighted by Gasteiger charge is 2.24. The van der Waals surface area contributed by atoms with Crippen LogP contribution in [-0.2, 0) is 0 Å². The lowest BCUT2D eigenvalue weighted by atomic mass is 9.82. The summed E-state index contributed by atoms with van der Waals surface area (Å²) in [6, 6.07) is 56.1. The van der Waals surface area contributed by atoms with Crippen LogP contribution in [0.15, 0.2) is 150 Å². The molecule has 7 aromatic carbocycles. The molecule has 9 aromatic rings. The molecule has 0 spiro atoms. The van der Waals surface area contributed by atoms with Crippen LogP contribution in [0.2, 0.25) is 0 Å². The van der Waals surface area contributed by atoms with Gasteiger partial charge in [-0.25, -0.2) is 0 Å². The second-order valence-corrected chi connectivity index (χ2v) is 19.1. The quantitative estimate of drug-likeness (QED) is 0.157. The third-order valence-electron chi connectivity index (χ3n) is 15.3. The van der Waals surface area contributed by atoms with Gasteiger partial charge >= 0.3 is 0 Å². The Hall–Kier alpha value is -5.86. The highest BCUT2D eigenvalue weighted by molar-refractivity contribution is 6.16. The lowest BCUT2D eigenvalue weighted by Gasteiger charge is -2.23. The van der Waals surface area contributed by atoms with Crippen LogP contribution in [-0.4, -0.2) is 4.57 Å². The zero-order valence-corrected chi connectivity index (χ0v) is 36.1. The minimum atomic E-state index is 0.616. The van der Waals surface area contributed by atoms with Gasteiger partial charge in [0.1, 0.15) is 11.2 Å². The third kappa shape index (κ3) is 6.78. The summed E-state index contributed by atoms with van der Waals surface area (Å²) in [5, 5.41) is 4.92. The van der Waals surface area contributed by atoms with Gasteiger partial charge in [0, 0.05) is 38.4 Å². The molecular weight excluding hydrogens is 751 g/mol. The van der Waals surface area contributed by atoms with E-state index in [4.69, 9.17) is 4.42 Å². The largest absolute Gasteiger partial charge is 0.455 e. The molecule has 3 fully saturated rings. The molecule has 3 saturated carbocycles. The summed E-state index contributed by atoms with van der Waals surface area (Å²) in [4.78, 5) is 0. The number of aromatic nitrogens is 1. The summed E-state index contributed by atoms with van der Waals surface area (Å²) in [5.41, 5.74) is 17.4. The number of nitrogens with zero attached hydrogens (tertiary/aromatic N) is 1. The van der Waals surface area contributed by atoms with Crippen LogP contribution in [0.4, 0.5) is 0 Å². The van der Waals surface area contributed by atoms with Gasteiger partial charge in [0.15, 0.2) is 0 Å². The Kier molecular flexibility index (Phi) is 9.84. The summed E-state index contributed by atoms with van der Waals surface area (Å²) >= 11 is 0. The first-order chi connectivity index (χ1) is 30.7. The van der Waals surface area contributed by atoms with Gasteiger partial charge in [0.2, 0.25) is 0 Å². The van der Waals surface area contributed by atoms with E-state index >= 15 is 0 Å². The molecule has 3 aliphatic carbocycles. The topological polar surface area (TPSA) is 18.1 Å². The number of para-hydroxylation sites is 2. The van der Waals surface area contributed by atoms with E-state index in [-0.39, 0.29) is 0 Å². The van der Waals surface area contributed by atoms with E-state index in [1.165, 1.54) is 179 Å². The summed E-state index contributed by atoms with van der Waals surface area (Å²) in [5.74, 6) is 1.89. The molecule has 2 nitrogen and oxygen atoms in total. The highest BCUT2D eigenvalue weighted by atomic mass is 16.3. The standard InChI is InChI=1S/C60H57NO/c1-4-17-40(18-5-1)43-23-14-26-46(33-43)49-36-53(47-27-15-24-44(34-47)41-19-6-2-7-20-41)59-55(37-49)56-39-50(61-57-31-12-10-29-51(57)52-30-11-13-32-58(52)61)38-54(60(56)62-59)48-28-16-25-45(35-48)42-21-8-3-9-22-42/h10-16,23-42H,1-9,17-22H2. The number of hydrogen-bond donors (Lipinski definition) is 0. The van der Waals surface area contributed by atoms with Gasteiger partial charge in [-0.2, -0.15) is 0 Å². The lowest BCUT2D eigenvalue weighted by Crippen LogP contribution is -2.04. The number of rotatable bonds is 7. The van der Waals surface area contributed by atoms with Crippen LogP contribution in [0.3, 0.4) is 0 Å². The normalized spacial score (nSPS) is 17.2. The van der Waals surface area contributed by atoms with Crippen molar-refractivity contribution in [3.63, 3.8) is 0 Å². The Balaban J connectivity index is 1.13. The fourth-order valence-corrected chi connectivity index (χ4v) is 12.1. The first kappa shape index (κ1) is 37.9. The predicted octanol–water partition coefficient (Wildman–Crippen LogP) is 17.8. The van der Waals surface area contributed by atoms with E-state index in [1.807, 2.05) is 0 Å². The van der Waals surface area contributed by atoms with Crippen LogP contribution in [0, 0.1) is 0 Å². The van der Waals surface area contributed by atoms with Crippen molar-refractivity contribution in [2.24, 2.45) is 0 Å². The van der Waals surface area contributed by atoms with Crippen molar-refractivity contribution < 1.29 is 4.42 Å². The molecule has 308 valence electrons. The lowest BCUT2D eigenvalue weighted by molar-refractivity contribution is 0.443. The van der Waals surface area contributed by atoms with Crippen LogP contribution in [0.1, 0.15) is 131 Å². The smallest absolute Gasteiger partial charge is 0.143 e. The number of fused-ring (bicyclic) bond motifs is 6. The monoisotopic (exact) mass is 807 g/mol. The van der Waals surface area contributed by atoms with Crippen LogP contribution < -0.4 is 0 Å². The van der Waals surface area contributed by atoms with Gasteiger partial charge in [-0.1, -0.05) is 167 Å². The molecule has 2 heterocycles. The molecule has 0 radical (unpaired) electrons. The molecule has 2 aromatic heterocycles. The summed E-state index contributed by atoms with van der Waals surface area (Å²) < 4.78 is 9.93. The average Bonchev–Trinajstić information content (AvgIpc) is 3.90. The van der Waals surface area contributed by atoms with Crippen LogP contribution in [0.5, 0.6) is 0 Å². The third-order valence-corrected chi connectivity index (χ3v) is 15.3. The predicted molar refractivity (Wildman–Crippen MR) is 262 cm³/mol. The molecule has 2 heteroatoms. The Bertz CT molecular complexity index is 3030. The van der Waals surface area contributed by atoms with Crippen LogP contribution >= 0.6 is 0 Å². The maximum absolute atomic E-state index is 7.44. The Morgan fingerprint density at radius 3 is 1.29 bits per heavy atom. The summed E-state index contributed by atoms with van der Waals surface area (Å²) in [6.07, 6.45) is 19.8. The second kappa shape index (κ2) is 16.1. The van der Waals surface area contributed by atoms with Crippen LogP contribution in [0.25, 0.3) is 82.8 Å². The average molecular weight is 808 g/mol. The first-order valence-corrected chi connectivity index (χ1v) is 24.1. The van der Waals surface area contributed by atoms with Gasteiger partial charge in [-0.05, 0) is 132 Å². The molecule has 62 heavy (non-hydrogen) atoms. The van der Waals surface area contributed by atoms with E-state index in [9.17, 15) is 0 Å². The van der Waals surface area contributed by atoms with E-state index in [2.05, 4.69) is 150 Å². The Morgan fingerprint density at radius 1 is 0.339 bits per heavy atom.